The van der Waals surface area contributed by atoms with E-state index in [1.54, 1.807) is 42.5 Å². The molecule has 0 unspecified atom stereocenters. The van der Waals surface area contributed by atoms with Gasteiger partial charge in [-0.25, -0.2) is 9.48 Å². The predicted molar refractivity (Wildman–Crippen MR) is 115 cm³/mol. The first-order valence-electron chi connectivity index (χ1n) is 8.63. The van der Waals surface area contributed by atoms with Crippen LogP contribution < -0.4 is 4.74 Å². The average Bonchev–Trinajstić information content (AvgIpc) is 3.17. The summed E-state index contributed by atoms with van der Waals surface area (Å²) in [5.41, 5.74) is 2.10. The molecule has 1 heterocycles. The lowest BCUT2D eigenvalue weighted by Gasteiger charge is -2.06. The van der Waals surface area contributed by atoms with Gasteiger partial charge in [0, 0.05) is 15.1 Å². The largest absolute Gasteiger partial charge is 0.477 e. The minimum Gasteiger partial charge on any atom is -0.477 e. The highest BCUT2D eigenvalue weighted by atomic mass is 79.9. The van der Waals surface area contributed by atoms with Crippen LogP contribution in [0.15, 0.2) is 83.3 Å². The fourth-order valence-corrected chi connectivity index (χ4v) is 3.18. The van der Waals surface area contributed by atoms with Crippen molar-refractivity contribution in [2.45, 2.75) is 0 Å². The summed E-state index contributed by atoms with van der Waals surface area (Å²) in [6, 6.07) is 23.2. The topological polar surface area (TPSA) is 64.3 Å². The number of aromatic carboxylic acids is 1. The smallest absolute Gasteiger partial charge is 0.354 e. The number of hydrogen-bond donors (Lipinski definition) is 1. The van der Waals surface area contributed by atoms with Crippen molar-refractivity contribution in [3.05, 3.63) is 94.1 Å². The van der Waals surface area contributed by atoms with Gasteiger partial charge in [-0.15, -0.1) is 0 Å². The molecular formula is C22H14BrClN2O3. The molecule has 1 N–H and O–H groups in total. The summed E-state index contributed by atoms with van der Waals surface area (Å²) in [7, 11) is 0. The Morgan fingerprint density at radius 3 is 2.10 bits per heavy atom. The Labute approximate surface area is 180 Å². The van der Waals surface area contributed by atoms with Gasteiger partial charge in [0.2, 0.25) is 0 Å². The lowest BCUT2D eigenvalue weighted by Crippen LogP contribution is -2.07. The molecule has 0 saturated heterocycles. The summed E-state index contributed by atoms with van der Waals surface area (Å²) < 4.78 is 8.11. The molecule has 29 heavy (non-hydrogen) atoms. The number of aromatic nitrogens is 2. The Morgan fingerprint density at radius 1 is 0.931 bits per heavy atom. The highest BCUT2D eigenvalue weighted by molar-refractivity contribution is 9.10. The first-order valence-corrected chi connectivity index (χ1v) is 9.80. The second kappa shape index (κ2) is 8.11. The second-order valence-electron chi connectivity index (χ2n) is 6.19. The van der Waals surface area contributed by atoms with E-state index in [1.165, 1.54) is 4.68 Å². The molecule has 0 radical (unpaired) electrons. The molecule has 0 saturated carbocycles. The van der Waals surface area contributed by atoms with Crippen molar-refractivity contribution in [3.63, 3.8) is 0 Å². The van der Waals surface area contributed by atoms with Crippen molar-refractivity contribution in [2.24, 2.45) is 0 Å². The second-order valence-corrected chi connectivity index (χ2v) is 7.54. The Morgan fingerprint density at radius 2 is 1.52 bits per heavy atom. The molecule has 144 valence electrons. The van der Waals surface area contributed by atoms with Gasteiger partial charge in [0.25, 0.3) is 0 Å². The average molecular weight is 470 g/mol. The van der Waals surface area contributed by atoms with Crippen LogP contribution in [0.1, 0.15) is 10.5 Å². The first kappa shape index (κ1) is 19.2. The Kier molecular flexibility index (Phi) is 5.38. The standard InChI is InChI=1S/C22H14BrClN2O3/c23-15-3-7-17(8-4-15)26-21(22(27)28)13-20(25-26)14-1-9-18(10-2-14)29-19-11-5-16(24)6-12-19/h1-13H,(H,27,28). The summed E-state index contributed by atoms with van der Waals surface area (Å²) in [6.07, 6.45) is 0. The molecule has 0 spiro atoms. The van der Waals surface area contributed by atoms with Crippen LogP contribution in [-0.4, -0.2) is 20.9 Å². The van der Waals surface area contributed by atoms with E-state index in [1.807, 2.05) is 36.4 Å². The van der Waals surface area contributed by atoms with Crippen LogP contribution in [-0.2, 0) is 0 Å². The molecule has 0 fully saturated rings. The maximum Gasteiger partial charge on any atom is 0.354 e. The number of nitrogens with zero attached hydrogens (tertiary/aromatic N) is 2. The van der Waals surface area contributed by atoms with Crippen molar-refractivity contribution in [1.82, 2.24) is 9.78 Å². The first-order chi connectivity index (χ1) is 14.0. The van der Waals surface area contributed by atoms with Gasteiger partial charge in [-0.2, -0.15) is 5.10 Å². The molecule has 4 rings (SSSR count). The monoisotopic (exact) mass is 468 g/mol. The molecule has 3 aromatic carbocycles. The molecule has 0 bridgehead atoms. The highest BCUT2D eigenvalue weighted by Gasteiger charge is 2.16. The number of halogens is 2. The zero-order valence-corrected chi connectivity index (χ0v) is 17.3. The highest BCUT2D eigenvalue weighted by Crippen LogP contribution is 2.27. The van der Waals surface area contributed by atoms with E-state index in [0.29, 0.717) is 27.9 Å². The maximum atomic E-state index is 11.7. The zero-order valence-electron chi connectivity index (χ0n) is 14.9. The number of ether oxygens (including phenoxy) is 1. The molecule has 0 amide bonds. The Hall–Kier alpha value is -3.09. The third-order valence-corrected chi connectivity index (χ3v) is 4.98. The van der Waals surface area contributed by atoms with Crippen molar-refractivity contribution in [1.29, 1.82) is 0 Å². The minimum absolute atomic E-state index is 0.0869. The van der Waals surface area contributed by atoms with E-state index in [0.717, 1.165) is 10.0 Å². The molecule has 0 aliphatic heterocycles. The van der Waals surface area contributed by atoms with Crippen molar-refractivity contribution in [2.75, 3.05) is 0 Å². The number of carboxylic acid groups (broad SMARTS) is 1. The summed E-state index contributed by atoms with van der Waals surface area (Å²) in [4.78, 5) is 11.7. The SMILES string of the molecule is O=C(O)c1cc(-c2ccc(Oc3ccc(Cl)cc3)cc2)nn1-c1ccc(Br)cc1. The van der Waals surface area contributed by atoms with Crippen LogP contribution in [0, 0.1) is 0 Å². The molecular weight excluding hydrogens is 456 g/mol. The number of hydrogen-bond acceptors (Lipinski definition) is 3. The Balaban J connectivity index is 1.62. The third-order valence-electron chi connectivity index (χ3n) is 4.20. The lowest BCUT2D eigenvalue weighted by atomic mass is 10.1. The van der Waals surface area contributed by atoms with E-state index in [2.05, 4.69) is 21.0 Å². The van der Waals surface area contributed by atoms with E-state index in [9.17, 15) is 9.90 Å². The van der Waals surface area contributed by atoms with E-state index >= 15 is 0 Å². The molecule has 0 aliphatic carbocycles. The summed E-state index contributed by atoms with van der Waals surface area (Å²) >= 11 is 9.26. The van der Waals surface area contributed by atoms with E-state index in [-0.39, 0.29) is 5.69 Å². The van der Waals surface area contributed by atoms with Crippen LogP contribution in [0.5, 0.6) is 11.5 Å². The normalized spacial score (nSPS) is 10.7. The van der Waals surface area contributed by atoms with Gasteiger partial charge in [0.15, 0.2) is 5.69 Å². The van der Waals surface area contributed by atoms with Crippen molar-refractivity contribution >= 4 is 33.5 Å². The van der Waals surface area contributed by atoms with Crippen LogP contribution >= 0.6 is 27.5 Å². The van der Waals surface area contributed by atoms with E-state index in [4.69, 9.17) is 16.3 Å². The quantitative estimate of drug-likeness (QED) is 0.365. The van der Waals surface area contributed by atoms with Crippen molar-refractivity contribution < 1.29 is 14.6 Å². The number of benzene rings is 3. The minimum atomic E-state index is -1.05. The zero-order chi connectivity index (χ0) is 20.4. The van der Waals surface area contributed by atoms with Gasteiger partial charge in [0.05, 0.1) is 11.4 Å². The van der Waals surface area contributed by atoms with Gasteiger partial charge in [-0.05, 0) is 78.9 Å². The number of carbonyl (C=O) groups is 1. The van der Waals surface area contributed by atoms with Gasteiger partial charge >= 0.3 is 5.97 Å². The maximum absolute atomic E-state index is 11.7. The van der Waals surface area contributed by atoms with Crippen molar-refractivity contribution in [3.8, 4) is 28.4 Å². The molecule has 0 atom stereocenters. The summed E-state index contributed by atoms with van der Waals surface area (Å²) in [5.74, 6) is 0.283. The fourth-order valence-electron chi connectivity index (χ4n) is 2.79. The van der Waals surface area contributed by atoms with Gasteiger partial charge in [0.1, 0.15) is 11.5 Å². The van der Waals surface area contributed by atoms with Gasteiger partial charge in [-0.3, -0.25) is 0 Å². The van der Waals surface area contributed by atoms with E-state index < -0.39 is 5.97 Å². The lowest BCUT2D eigenvalue weighted by molar-refractivity contribution is 0.0687. The number of carboxylic acids is 1. The van der Waals surface area contributed by atoms with Crippen LogP contribution in [0.3, 0.4) is 0 Å². The van der Waals surface area contributed by atoms with Gasteiger partial charge < -0.3 is 9.84 Å². The van der Waals surface area contributed by atoms with Crippen LogP contribution in [0.2, 0.25) is 5.02 Å². The summed E-state index contributed by atoms with van der Waals surface area (Å²) in [5, 5.41) is 14.7. The molecule has 0 aliphatic rings. The predicted octanol–water partition coefficient (Wildman–Crippen LogP) is 6.45. The fraction of sp³-hybridized carbons (Fsp3) is 0. The summed E-state index contributed by atoms with van der Waals surface area (Å²) in [6.45, 7) is 0. The molecule has 5 nitrogen and oxygen atoms in total. The number of rotatable bonds is 5. The van der Waals surface area contributed by atoms with Gasteiger partial charge in [-0.1, -0.05) is 27.5 Å². The Bertz CT molecular complexity index is 1150. The molecule has 7 heteroatoms. The molecule has 1 aromatic heterocycles. The van der Waals surface area contributed by atoms with Crippen LogP contribution in [0.25, 0.3) is 16.9 Å². The third kappa shape index (κ3) is 4.34. The van der Waals surface area contributed by atoms with Crippen LogP contribution in [0.4, 0.5) is 0 Å². The molecule has 4 aromatic rings.